The largest absolute Gasteiger partial charge is 0.508 e. The number of rotatable bonds is 4. The van der Waals surface area contributed by atoms with Crippen LogP contribution in [0.4, 0.5) is 0 Å². The highest BCUT2D eigenvalue weighted by atomic mass is 16.3. The van der Waals surface area contributed by atoms with Crippen molar-refractivity contribution in [3.63, 3.8) is 0 Å². The molecule has 96 valence electrons. The van der Waals surface area contributed by atoms with E-state index in [0.717, 1.165) is 22.2 Å². The molecule has 3 aromatic rings. The molecule has 0 aliphatic carbocycles. The van der Waals surface area contributed by atoms with Gasteiger partial charge in [-0.15, -0.1) is 0 Å². The SMILES string of the molecule is Oc1ccc2ccccc2c1CNCc1ncn[nH]1. The van der Waals surface area contributed by atoms with Gasteiger partial charge in [-0.05, 0) is 16.8 Å². The van der Waals surface area contributed by atoms with E-state index in [9.17, 15) is 5.11 Å². The van der Waals surface area contributed by atoms with E-state index >= 15 is 0 Å². The first-order valence-corrected chi connectivity index (χ1v) is 6.09. The number of aromatic hydroxyl groups is 1. The lowest BCUT2D eigenvalue weighted by Crippen LogP contribution is -2.14. The van der Waals surface area contributed by atoms with E-state index in [1.54, 1.807) is 6.07 Å². The van der Waals surface area contributed by atoms with Gasteiger partial charge in [-0.3, -0.25) is 5.10 Å². The summed E-state index contributed by atoms with van der Waals surface area (Å²) in [4.78, 5) is 4.04. The zero-order chi connectivity index (χ0) is 13.1. The lowest BCUT2D eigenvalue weighted by Gasteiger charge is -2.09. The first-order valence-electron chi connectivity index (χ1n) is 6.09. The highest BCUT2D eigenvalue weighted by Crippen LogP contribution is 2.26. The van der Waals surface area contributed by atoms with Crippen molar-refractivity contribution in [2.45, 2.75) is 13.1 Å². The molecule has 5 heteroatoms. The summed E-state index contributed by atoms with van der Waals surface area (Å²) in [7, 11) is 0. The molecule has 0 amide bonds. The van der Waals surface area contributed by atoms with Gasteiger partial charge in [0, 0.05) is 12.1 Å². The quantitative estimate of drug-likeness (QED) is 0.665. The Bertz CT molecular complexity index is 679. The van der Waals surface area contributed by atoms with Crippen molar-refractivity contribution in [1.82, 2.24) is 20.5 Å². The second-order valence-corrected chi connectivity index (χ2v) is 4.32. The topological polar surface area (TPSA) is 73.8 Å². The Balaban J connectivity index is 1.81. The summed E-state index contributed by atoms with van der Waals surface area (Å²) in [5.74, 6) is 1.09. The van der Waals surface area contributed by atoms with E-state index in [0.29, 0.717) is 18.8 Å². The van der Waals surface area contributed by atoms with E-state index in [-0.39, 0.29) is 0 Å². The molecule has 0 bridgehead atoms. The first kappa shape index (κ1) is 11.7. The summed E-state index contributed by atoms with van der Waals surface area (Å²) in [6.45, 7) is 1.16. The van der Waals surface area contributed by atoms with E-state index < -0.39 is 0 Å². The molecule has 0 radical (unpaired) electrons. The number of phenolic OH excluding ortho intramolecular Hbond substituents is 1. The molecule has 0 saturated carbocycles. The third-order valence-electron chi connectivity index (χ3n) is 3.07. The number of aromatic nitrogens is 3. The third-order valence-corrected chi connectivity index (χ3v) is 3.07. The number of benzene rings is 2. The van der Waals surface area contributed by atoms with Crippen molar-refractivity contribution in [2.24, 2.45) is 0 Å². The minimum absolute atomic E-state index is 0.309. The minimum Gasteiger partial charge on any atom is -0.508 e. The summed E-state index contributed by atoms with van der Waals surface area (Å²) in [5.41, 5.74) is 0.901. The van der Waals surface area contributed by atoms with Crippen molar-refractivity contribution < 1.29 is 5.11 Å². The molecule has 19 heavy (non-hydrogen) atoms. The zero-order valence-electron chi connectivity index (χ0n) is 10.3. The Morgan fingerprint density at radius 1 is 1.11 bits per heavy atom. The van der Waals surface area contributed by atoms with Crippen LogP contribution in [-0.4, -0.2) is 20.3 Å². The zero-order valence-corrected chi connectivity index (χ0v) is 10.3. The minimum atomic E-state index is 0.309. The van der Waals surface area contributed by atoms with Crippen LogP contribution < -0.4 is 5.32 Å². The molecule has 0 aliphatic heterocycles. The van der Waals surface area contributed by atoms with E-state index in [1.807, 2.05) is 30.3 Å². The fraction of sp³-hybridized carbons (Fsp3) is 0.143. The first-order chi connectivity index (χ1) is 9.34. The molecule has 1 aromatic heterocycles. The summed E-state index contributed by atoms with van der Waals surface area (Å²) in [6, 6.07) is 11.7. The number of nitrogens with one attached hydrogen (secondary N) is 2. The highest BCUT2D eigenvalue weighted by molar-refractivity contribution is 5.87. The number of H-pyrrole nitrogens is 1. The fourth-order valence-corrected chi connectivity index (χ4v) is 2.13. The van der Waals surface area contributed by atoms with Crippen LogP contribution in [0.2, 0.25) is 0 Å². The Morgan fingerprint density at radius 3 is 2.84 bits per heavy atom. The number of fused-ring (bicyclic) bond motifs is 1. The molecule has 0 spiro atoms. The van der Waals surface area contributed by atoms with Gasteiger partial charge < -0.3 is 10.4 Å². The van der Waals surface area contributed by atoms with Crippen LogP contribution in [0.15, 0.2) is 42.7 Å². The van der Waals surface area contributed by atoms with Crippen LogP contribution in [0.25, 0.3) is 10.8 Å². The summed E-state index contributed by atoms with van der Waals surface area (Å²) in [6.07, 6.45) is 1.48. The number of hydrogen-bond acceptors (Lipinski definition) is 4. The van der Waals surface area contributed by atoms with Crippen molar-refractivity contribution in [3.05, 3.63) is 54.1 Å². The Labute approximate surface area is 110 Å². The molecule has 2 aromatic carbocycles. The maximum Gasteiger partial charge on any atom is 0.138 e. The van der Waals surface area contributed by atoms with Crippen LogP contribution >= 0.6 is 0 Å². The smallest absolute Gasteiger partial charge is 0.138 e. The van der Waals surface area contributed by atoms with Crippen molar-refractivity contribution >= 4 is 10.8 Å². The molecule has 5 nitrogen and oxygen atoms in total. The maximum absolute atomic E-state index is 9.99. The maximum atomic E-state index is 9.99. The predicted octanol–water partition coefficient (Wildman–Crippen LogP) is 1.95. The molecule has 3 N–H and O–H groups in total. The van der Waals surface area contributed by atoms with Crippen LogP contribution in [0, 0.1) is 0 Å². The molecule has 0 aliphatic rings. The van der Waals surface area contributed by atoms with E-state index in [2.05, 4.69) is 20.5 Å². The van der Waals surface area contributed by atoms with Crippen LogP contribution in [0.5, 0.6) is 5.75 Å². The van der Waals surface area contributed by atoms with Gasteiger partial charge in [0.05, 0.1) is 6.54 Å². The molecule has 0 fully saturated rings. The molecular weight excluding hydrogens is 240 g/mol. The number of phenols is 1. The second kappa shape index (κ2) is 5.07. The van der Waals surface area contributed by atoms with Gasteiger partial charge in [-0.2, -0.15) is 5.10 Å². The standard InChI is InChI=1S/C14H14N4O/c19-13-6-5-10-3-1-2-4-11(10)12(13)7-15-8-14-16-9-17-18-14/h1-6,9,15,19H,7-8H2,(H,16,17,18). The van der Waals surface area contributed by atoms with Crippen LogP contribution in [-0.2, 0) is 13.1 Å². The molecule has 0 unspecified atom stereocenters. The number of hydrogen-bond donors (Lipinski definition) is 3. The van der Waals surface area contributed by atoms with Crippen molar-refractivity contribution in [3.8, 4) is 5.75 Å². The average molecular weight is 254 g/mol. The molecule has 0 saturated heterocycles. The summed E-state index contributed by atoms with van der Waals surface area (Å²) < 4.78 is 0. The Morgan fingerprint density at radius 2 is 2.00 bits per heavy atom. The number of nitrogens with zero attached hydrogens (tertiary/aromatic N) is 2. The van der Waals surface area contributed by atoms with Gasteiger partial charge in [0.25, 0.3) is 0 Å². The van der Waals surface area contributed by atoms with Gasteiger partial charge >= 0.3 is 0 Å². The molecule has 1 heterocycles. The lowest BCUT2D eigenvalue weighted by atomic mass is 10.0. The van der Waals surface area contributed by atoms with Crippen LogP contribution in [0.3, 0.4) is 0 Å². The lowest BCUT2D eigenvalue weighted by molar-refractivity contribution is 0.465. The van der Waals surface area contributed by atoms with Crippen molar-refractivity contribution in [2.75, 3.05) is 0 Å². The Hall–Kier alpha value is -2.40. The fourth-order valence-electron chi connectivity index (χ4n) is 2.13. The highest BCUT2D eigenvalue weighted by Gasteiger charge is 2.06. The normalized spacial score (nSPS) is 10.9. The predicted molar refractivity (Wildman–Crippen MR) is 72.5 cm³/mol. The average Bonchev–Trinajstić information content (AvgIpc) is 2.94. The van der Waals surface area contributed by atoms with Crippen molar-refractivity contribution in [1.29, 1.82) is 0 Å². The van der Waals surface area contributed by atoms with Gasteiger partial charge in [0.2, 0.25) is 0 Å². The van der Waals surface area contributed by atoms with Gasteiger partial charge in [0.1, 0.15) is 17.9 Å². The monoisotopic (exact) mass is 254 g/mol. The van der Waals surface area contributed by atoms with Gasteiger partial charge in [-0.1, -0.05) is 30.3 Å². The van der Waals surface area contributed by atoms with E-state index in [1.165, 1.54) is 6.33 Å². The van der Waals surface area contributed by atoms with Gasteiger partial charge in [0.15, 0.2) is 0 Å². The summed E-state index contributed by atoms with van der Waals surface area (Å²) >= 11 is 0. The third kappa shape index (κ3) is 2.41. The molecule has 0 atom stereocenters. The van der Waals surface area contributed by atoms with Crippen LogP contribution in [0.1, 0.15) is 11.4 Å². The summed E-state index contributed by atoms with van der Waals surface area (Å²) in [5, 5.41) is 22.0. The Kier molecular flexibility index (Phi) is 3.12. The number of aromatic amines is 1. The van der Waals surface area contributed by atoms with Gasteiger partial charge in [-0.25, -0.2) is 4.98 Å². The molecule has 3 rings (SSSR count). The second-order valence-electron chi connectivity index (χ2n) is 4.32. The molecular formula is C14H14N4O. The van der Waals surface area contributed by atoms with E-state index in [4.69, 9.17) is 0 Å².